The van der Waals surface area contributed by atoms with Crippen LogP contribution >= 0.6 is 23.1 Å². The van der Waals surface area contributed by atoms with Crippen molar-refractivity contribution in [2.24, 2.45) is 5.84 Å². The number of hydrogen-bond acceptors (Lipinski definition) is 8. The summed E-state index contributed by atoms with van der Waals surface area (Å²) in [5, 5.41) is 10.3. The SMILES string of the molecule is CCOc1ccc2nc(SCc3nnc(NN)s3)[nH]c2c1. The summed E-state index contributed by atoms with van der Waals surface area (Å²) >= 11 is 3.00. The Labute approximate surface area is 129 Å². The topological polar surface area (TPSA) is 102 Å². The molecule has 0 bridgehead atoms. The van der Waals surface area contributed by atoms with Crippen LogP contribution in [0, 0.1) is 0 Å². The number of anilines is 1. The lowest BCUT2D eigenvalue weighted by molar-refractivity contribution is 0.340. The van der Waals surface area contributed by atoms with Gasteiger partial charge in [0.1, 0.15) is 10.8 Å². The highest BCUT2D eigenvalue weighted by atomic mass is 32.2. The van der Waals surface area contributed by atoms with Crippen molar-refractivity contribution >= 4 is 39.3 Å². The molecule has 3 aromatic rings. The Kier molecular flexibility index (Phi) is 4.23. The average Bonchev–Trinajstić information content (AvgIpc) is 3.11. The molecule has 0 atom stereocenters. The molecule has 2 aromatic heterocycles. The third kappa shape index (κ3) is 3.26. The maximum absolute atomic E-state index is 5.48. The molecule has 0 aliphatic carbocycles. The molecular weight excluding hydrogens is 308 g/mol. The highest BCUT2D eigenvalue weighted by molar-refractivity contribution is 7.98. The molecular formula is C12H14N6OS2. The number of hydrazine groups is 1. The van der Waals surface area contributed by atoms with E-state index >= 15 is 0 Å². The molecule has 0 radical (unpaired) electrons. The molecule has 0 amide bonds. The van der Waals surface area contributed by atoms with Crippen molar-refractivity contribution in [2.75, 3.05) is 12.0 Å². The normalized spacial score (nSPS) is 11.0. The van der Waals surface area contributed by atoms with Gasteiger partial charge >= 0.3 is 0 Å². The van der Waals surface area contributed by atoms with Crippen LogP contribution < -0.4 is 16.0 Å². The van der Waals surface area contributed by atoms with Crippen molar-refractivity contribution in [2.45, 2.75) is 17.8 Å². The molecule has 110 valence electrons. The average molecular weight is 322 g/mol. The fourth-order valence-corrected chi connectivity index (χ4v) is 3.31. The summed E-state index contributed by atoms with van der Waals surface area (Å²) in [6.07, 6.45) is 0. The van der Waals surface area contributed by atoms with Crippen molar-refractivity contribution in [3.8, 4) is 5.75 Å². The van der Waals surface area contributed by atoms with Gasteiger partial charge in [0.25, 0.3) is 0 Å². The van der Waals surface area contributed by atoms with E-state index in [1.807, 2.05) is 25.1 Å². The van der Waals surface area contributed by atoms with Gasteiger partial charge in [-0.1, -0.05) is 23.1 Å². The first-order chi connectivity index (χ1) is 10.3. The van der Waals surface area contributed by atoms with Gasteiger partial charge in [0.2, 0.25) is 5.13 Å². The number of imidazole rings is 1. The van der Waals surface area contributed by atoms with Crippen molar-refractivity contribution in [1.82, 2.24) is 20.2 Å². The number of fused-ring (bicyclic) bond motifs is 1. The fourth-order valence-electron chi connectivity index (χ4n) is 1.79. The van der Waals surface area contributed by atoms with Gasteiger partial charge in [-0.15, -0.1) is 10.2 Å². The van der Waals surface area contributed by atoms with Crippen LogP contribution in [0.25, 0.3) is 11.0 Å². The Morgan fingerprint density at radius 1 is 1.43 bits per heavy atom. The van der Waals surface area contributed by atoms with Crippen LogP contribution in [-0.2, 0) is 5.75 Å². The van der Waals surface area contributed by atoms with E-state index in [9.17, 15) is 0 Å². The number of hydrogen-bond donors (Lipinski definition) is 3. The molecule has 0 aliphatic heterocycles. The number of aromatic amines is 1. The number of thioether (sulfide) groups is 1. The minimum Gasteiger partial charge on any atom is -0.494 e. The number of nitrogen functional groups attached to an aromatic ring is 1. The molecule has 1 aromatic carbocycles. The summed E-state index contributed by atoms with van der Waals surface area (Å²) in [5.74, 6) is 6.81. The van der Waals surface area contributed by atoms with Crippen molar-refractivity contribution in [3.63, 3.8) is 0 Å². The molecule has 0 fully saturated rings. The van der Waals surface area contributed by atoms with E-state index in [-0.39, 0.29) is 0 Å². The molecule has 0 unspecified atom stereocenters. The standard InChI is InChI=1S/C12H14N6OS2/c1-2-19-7-3-4-8-9(5-7)15-11(14-8)20-6-10-17-18-12(16-13)21-10/h3-5H,2,6,13H2,1H3,(H,14,15)(H,16,18). The minimum atomic E-state index is 0.608. The first-order valence-electron chi connectivity index (χ1n) is 6.33. The smallest absolute Gasteiger partial charge is 0.219 e. The van der Waals surface area contributed by atoms with Crippen molar-refractivity contribution in [3.05, 3.63) is 23.2 Å². The first-order valence-corrected chi connectivity index (χ1v) is 8.13. The van der Waals surface area contributed by atoms with Crippen molar-refractivity contribution < 1.29 is 4.74 Å². The summed E-state index contributed by atoms with van der Waals surface area (Å²) in [6, 6.07) is 5.82. The van der Waals surface area contributed by atoms with E-state index in [1.165, 1.54) is 11.3 Å². The molecule has 4 N–H and O–H groups in total. The molecule has 7 nitrogen and oxygen atoms in total. The number of nitrogens with two attached hydrogens (primary N) is 1. The Bertz CT molecular complexity index is 740. The summed E-state index contributed by atoms with van der Waals surface area (Å²) < 4.78 is 5.48. The van der Waals surface area contributed by atoms with Crippen LogP contribution in [0.1, 0.15) is 11.9 Å². The van der Waals surface area contributed by atoms with Gasteiger partial charge in [0.05, 0.1) is 23.4 Å². The monoisotopic (exact) mass is 322 g/mol. The number of benzene rings is 1. The second kappa shape index (κ2) is 6.29. The van der Waals surface area contributed by atoms with E-state index in [2.05, 4.69) is 25.6 Å². The maximum Gasteiger partial charge on any atom is 0.219 e. The summed E-state index contributed by atoms with van der Waals surface area (Å²) in [4.78, 5) is 7.80. The zero-order valence-corrected chi connectivity index (χ0v) is 12.9. The van der Waals surface area contributed by atoms with Crippen LogP contribution in [0.4, 0.5) is 5.13 Å². The van der Waals surface area contributed by atoms with Crippen LogP contribution in [0.15, 0.2) is 23.4 Å². The van der Waals surface area contributed by atoms with Gasteiger partial charge in [-0.3, -0.25) is 5.43 Å². The second-order valence-electron chi connectivity index (χ2n) is 4.09. The third-order valence-corrected chi connectivity index (χ3v) is 4.59. The largest absolute Gasteiger partial charge is 0.494 e. The molecule has 0 saturated carbocycles. The quantitative estimate of drug-likeness (QED) is 0.364. The minimum absolute atomic E-state index is 0.608. The zero-order chi connectivity index (χ0) is 14.7. The lowest BCUT2D eigenvalue weighted by Gasteiger charge is -2.00. The lowest BCUT2D eigenvalue weighted by Crippen LogP contribution is -2.05. The van der Waals surface area contributed by atoms with E-state index in [1.54, 1.807) is 11.8 Å². The van der Waals surface area contributed by atoms with Crippen LogP contribution in [0.5, 0.6) is 5.75 Å². The van der Waals surface area contributed by atoms with Crippen molar-refractivity contribution in [1.29, 1.82) is 0 Å². The van der Waals surface area contributed by atoms with E-state index < -0.39 is 0 Å². The van der Waals surface area contributed by atoms with Gasteiger partial charge < -0.3 is 9.72 Å². The number of nitrogens with zero attached hydrogens (tertiary/aromatic N) is 3. The summed E-state index contributed by atoms with van der Waals surface area (Å²) in [7, 11) is 0. The highest BCUT2D eigenvalue weighted by Gasteiger charge is 2.08. The van der Waals surface area contributed by atoms with Crippen LogP contribution in [-0.4, -0.2) is 26.8 Å². The first kappa shape index (κ1) is 14.1. The second-order valence-corrected chi connectivity index (χ2v) is 6.11. The Balaban J connectivity index is 1.71. The van der Waals surface area contributed by atoms with E-state index in [4.69, 9.17) is 10.6 Å². The van der Waals surface area contributed by atoms with Gasteiger partial charge in [-0.05, 0) is 19.1 Å². The molecule has 0 aliphatic rings. The Hall–Kier alpha value is -1.84. The zero-order valence-electron chi connectivity index (χ0n) is 11.3. The van der Waals surface area contributed by atoms with Crippen LogP contribution in [0.3, 0.4) is 0 Å². The van der Waals surface area contributed by atoms with E-state index in [0.29, 0.717) is 17.5 Å². The van der Waals surface area contributed by atoms with Gasteiger partial charge in [-0.2, -0.15) is 0 Å². The number of nitrogens with one attached hydrogen (secondary N) is 2. The predicted molar refractivity (Wildman–Crippen MR) is 84.5 cm³/mol. The Morgan fingerprint density at radius 3 is 3.10 bits per heavy atom. The summed E-state index contributed by atoms with van der Waals surface area (Å²) in [6.45, 7) is 2.61. The molecule has 9 heteroatoms. The Morgan fingerprint density at radius 2 is 2.33 bits per heavy atom. The molecule has 3 rings (SSSR count). The molecule has 2 heterocycles. The van der Waals surface area contributed by atoms with Gasteiger partial charge in [0.15, 0.2) is 5.16 Å². The predicted octanol–water partition coefficient (Wildman–Crippen LogP) is 2.39. The highest BCUT2D eigenvalue weighted by Crippen LogP contribution is 2.27. The lowest BCUT2D eigenvalue weighted by atomic mass is 10.3. The van der Waals surface area contributed by atoms with Gasteiger partial charge in [0, 0.05) is 6.07 Å². The third-order valence-electron chi connectivity index (χ3n) is 2.67. The number of rotatable bonds is 6. The fraction of sp³-hybridized carbons (Fsp3) is 0.250. The van der Waals surface area contributed by atoms with Crippen LogP contribution in [0.2, 0.25) is 0 Å². The van der Waals surface area contributed by atoms with Gasteiger partial charge in [-0.25, -0.2) is 10.8 Å². The molecule has 0 spiro atoms. The number of H-pyrrole nitrogens is 1. The molecule has 21 heavy (non-hydrogen) atoms. The number of ether oxygens (including phenoxy) is 1. The number of aromatic nitrogens is 4. The molecule has 0 saturated heterocycles. The maximum atomic E-state index is 5.48. The van der Waals surface area contributed by atoms with E-state index in [0.717, 1.165) is 26.9 Å². The summed E-state index contributed by atoms with van der Waals surface area (Å²) in [5.41, 5.74) is 4.37.